The topological polar surface area (TPSA) is 66.4 Å². The van der Waals surface area contributed by atoms with Crippen molar-refractivity contribution < 1.29 is 14.3 Å². The fourth-order valence-corrected chi connectivity index (χ4v) is 3.48. The Kier molecular flexibility index (Phi) is 7.37. The lowest BCUT2D eigenvalue weighted by atomic mass is 9.89. The molecule has 0 bridgehead atoms. The van der Waals surface area contributed by atoms with Gasteiger partial charge in [0.2, 0.25) is 0 Å². The third kappa shape index (κ3) is 6.55. The highest BCUT2D eigenvalue weighted by molar-refractivity contribution is 5.80. The summed E-state index contributed by atoms with van der Waals surface area (Å²) in [5.41, 5.74) is -0.225. The SMILES string of the molecule is CCN(CC1CCN(C(=NC)NCC2(C)COC2)CC1)C(=O)OC(C)(C)C. The summed E-state index contributed by atoms with van der Waals surface area (Å²) in [4.78, 5) is 21.0. The van der Waals surface area contributed by atoms with E-state index < -0.39 is 5.60 Å². The van der Waals surface area contributed by atoms with E-state index in [9.17, 15) is 4.79 Å². The summed E-state index contributed by atoms with van der Waals surface area (Å²) < 4.78 is 10.9. The van der Waals surface area contributed by atoms with Crippen LogP contribution in [0, 0.1) is 11.3 Å². The number of hydrogen-bond acceptors (Lipinski definition) is 4. The van der Waals surface area contributed by atoms with Crippen molar-refractivity contribution in [2.75, 3.05) is 53.0 Å². The van der Waals surface area contributed by atoms with Crippen molar-refractivity contribution in [2.24, 2.45) is 16.3 Å². The van der Waals surface area contributed by atoms with Crippen LogP contribution in [0.1, 0.15) is 47.5 Å². The second-order valence-corrected chi connectivity index (χ2v) is 9.15. The van der Waals surface area contributed by atoms with Crippen LogP contribution in [0.5, 0.6) is 0 Å². The molecule has 0 saturated carbocycles. The van der Waals surface area contributed by atoms with Crippen molar-refractivity contribution in [1.29, 1.82) is 0 Å². The Morgan fingerprint density at radius 1 is 1.33 bits per heavy atom. The van der Waals surface area contributed by atoms with Crippen LogP contribution in [0.3, 0.4) is 0 Å². The number of likely N-dealkylation sites (tertiary alicyclic amines) is 1. The number of nitrogens with zero attached hydrogens (tertiary/aromatic N) is 3. The van der Waals surface area contributed by atoms with Crippen LogP contribution in [0.2, 0.25) is 0 Å². The third-order valence-electron chi connectivity index (χ3n) is 5.21. The predicted molar refractivity (Wildman–Crippen MR) is 108 cm³/mol. The Labute approximate surface area is 164 Å². The Hall–Kier alpha value is -1.50. The molecule has 156 valence electrons. The van der Waals surface area contributed by atoms with E-state index in [1.807, 2.05) is 39.6 Å². The largest absolute Gasteiger partial charge is 0.444 e. The molecular weight excluding hydrogens is 344 g/mol. The molecule has 0 radical (unpaired) electrons. The number of piperidine rings is 1. The molecule has 0 aromatic carbocycles. The highest BCUT2D eigenvalue weighted by Crippen LogP contribution is 2.25. The van der Waals surface area contributed by atoms with Crippen molar-refractivity contribution in [1.82, 2.24) is 15.1 Å². The van der Waals surface area contributed by atoms with Crippen LogP contribution in [-0.2, 0) is 9.47 Å². The standard InChI is InChI=1S/C20H38N4O3/c1-7-23(18(25)27-19(2,3)4)12-16-8-10-24(11-9-16)17(21-6)22-13-20(5)14-26-15-20/h16H,7-15H2,1-6H3,(H,21,22). The molecule has 0 aromatic heterocycles. The van der Waals surface area contributed by atoms with Crippen LogP contribution in [0.25, 0.3) is 0 Å². The fraction of sp³-hybridized carbons (Fsp3) is 0.900. The zero-order valence-corrected chi connectivity index (χ0v) is 18.0. The highest BCUT2D eigenvalue weighted by Gasteiger charge is 2.34. The molecule has 2 aliphatic heterocycles. The van der Waals surface area contributed by atoms with E-state index >= 15 is 0 Å². The van der Waals surface area contributed by atoms with Gasteiger partial charge >= 0.3 is 6.09 Å². The van der Waals surface area contributed by atoms with Gasteiger partial charge in [-0.3, -0.25) is 4.99 Å². The molecule has 1 N–H and O–H groups in total. The summed E-state index contributed by atoms with van der Waals surface area (Å²) in [7, 11) is 1.84. The van der Waals surface area contributed by atoms with E-state index in [1.54, 1.807) is 0 Å². The Bertz CT molecular complexity index is 518. The maximum Gasteiger partial charge on any atom is 0.410 e. The van der Waals surface area contributed by atoms with Gasteiger partial charge in [0.05, 0.1) is 13.2 Å². The molecule has 2 rings (SSSR count). The second-order valence-electron chi connectivity index (χ2n) is 9.15. The van der Waals surface area contributed by atoms with Crippen molar-refractivity contribution in [3.8, 4) is 0 Å². The molecule has 0 spiro atoms. The molecule has 2 fully saturated rings. The first-order valence-corrected chi connectivity index (χ1v) is 10.2. The maximum absolute atomic E-state index is 12.3. The lowest BCUT2D eigenvalue weighted by Gasteiger charge is -2.40. The van der Waals surface area contributed by atoms with Gasteiger partial charge in [0.1, 0.15) is 5.60 Å². The van der Waals surface area contributed by atoms with E-state index in [2.05, 4.69) is 22.1 Å². The number of aliphatic imine (C=N–C) groups is 1. The number of amides is 1. The Morgan fingerprint density at radius 2 is 1.96 bits per heavy atom. The number of rotatable bonds is 5. The van der Waals surface area contributed by atoms with E-state index in [0.717, 1.165) is 58.2 Å². The van der Waals surface area contributed by atoms with Crippen LogP contribution in [0.4, 0.5) is 4.79 Å². The van der Waals surface area contributed by atoms with Crippen molar-refractivity contribution in [3.63, 3.8) is 0 Å². The molecule has 0 aliphatic carbocycles. The molecule has 7 heteroatoms. The Morgan fingerprint density at radius 3 is 2.41 bits per heavy atom. The summed E-state index contributed by atoms with van der Waals surface area (Å²) in [5.74, 6) is 1.48. The van der Waals surface area contributed by atoms with Crippen LogP contribution >= 0.6 is 0 Å². The van der Waals surface area contributed by atoms with Crippen molar-refractivity contribution >= 4 is 12.1 Å². The molecule has 27 heavy (non-hydrogen) atoms. The molecule has 7 nitrogen and oxygen atoms in total. The Balaban J connectivity index is 1.78. The molecule has 2 heterocycles. The van der Waals surface area contributed by atoms with Gasteiger partial charge in [-0.15, -0.1) is 0 Å². The summed E-state index contributed by atoms with van der Waals surface area (Å²) >= 11 is 0. The van der Waals surface area contributed by atoms with Crippen LogP contribution in [-0.4, -0.2) is 80.4 Å². The van der Waals surface area contributed by atoms with Crippen LogP contribution < -0.4 is 5.32 Å². The fourth-order valence-electron chi connectivity index (χ4n) is 3.48. The number of ether oxygens (including phenoxy) is 2. The predicted octanol–water partition coefficient (Wildman–Crippen LogP) is 2.57. The minimum atomic E-state index is -0.450. The summed E-state index contributed by atoms with van der Waals surface area (Å²) in [6.45, 7) is 15.9. The van der Waals surface area contributed by atoms with Gasteiger partial charge in [0.15, 0.2) is 5.96 Å². The van der Waals surface area contributed by atoms with Gasteiger partial charge < -0.3 is 24.6 Å². The molecular formula is C20H38N4O3. The van der Waals surface area contributed by atoms with Crippen LogP contribution in [0.15, 0.2) is 4.99 Å². The summed E-state index contributed by atoms with van der Waals surface area (Å²) in [6, 6.07) is 0. The second kappa shape index (κ2) is 9.13. The minimum Gasteiger partial charge on any atom is -0.444 e. The lowest BCUT2D eigenvalue weighted by molar-refractivity contribution is -0.0973. The molecule has 0 atom stereocenters. The zero-order chi connectivity index (χ0) is 20.1. The average Bonchev–Trinajstić information content (AvgIpc) is 2.58. The highest BCUT2D eigenvalue weighted by atomic mass is 16.6. The van der Waals surface area contributed by atoms with E-state index in [-0.39, 0.29) is 11.5 Å². The normalized spacial score (nSPS) is 20.8. The van der Waals surface area contributed by atoms with Gasteiger partial charge in [-0.05, 0) is 46.5 Å². The van der Waals surface area contributed by atoms with Gasteiger partial charge in [-0.25, -0.2) is 4.79 Å². The smallest absolute Gasteiger partial charge is 0.410 e. The zero-order valence-electron chi connectivity index (χ0n) is 18.0. The first kappa shape index (κ1) is 21.8. The van der Waals surface area contributed by atoms with Gasteiger partial charge in [0.25, 0.3) is 0 Å². The number of carbonyl (C=O) groups is 1. The summed E-state index contributed by atoms with van der Waals surface area (Å²) in [5, 5.41) is 3.50. The van der Waals surface area contributed by atoms with Gasteiger partial charge in [-0.2, -0.15) is 0 Å². The van der Waals surface area contributed by atoms with E-state index in [0.29, 0.717) is 12.5 Å². The first-order chi connectivity index (χ1) is 12.7. The first-order valence-electron chi connectivity index (χ1n) is 10.2. The third-order valence-corrected chi connectivity index (χ3v) is 5.21. The number of nitrogens with one attached hydrogen (secondary N) is 1. The maximum atomic E-state index is 12.3. The monoisotopic (exact) mass is 382 g/mol. The van der Waals surface area contributed by atoms with Crippen molar-refractivity contribution in [2.45, 2.75) is 53.1 Å². The molecule has 2 aliphatic rings. The summed E-state index contributed by atoms with van der Waals surface area (Å²) in [6.07, 6.45) is 1.90. The number of hydrogen-bond donors (Lipinski definition) is 1. The quantitative estimate of drug-likeness (QED) is 0.585. The minimum absolute atomic E-state index is 0.208. The molecule has 0 unspecified atom stereocenters. The molecule has 2 saturated heterocycles. The average molecular weight is 383 g/mol. The van der Waals surface area contributed by atoms with E-state index in [1.165, 1.54) is 0 Å². The van der Waals surface area contributed by atoms with Gasteiger partial charge in [-0.1, -0.05) is 6.92 Å². The molecule has 0 aromatic rings. The van der Waals surface area contributed by atoms with E-state index in [4.69, 9.17) is 9.47 Å². The number of carbonyl (C=O) groups excluding carboxylic acids is 1. The van der Waals surface area contributed by atoms with Gasteiger partial charge in [0, 0.05) is 45.2 Å². The lowest BCUT2D eigenvalue weighted by Crippen LogP contribution is -2.53. The molecule has 1 amide bonds. The number of guanidine groups is 1. The van der Waals surface area contributed by atoms with Crippen molar-refractivity contribution in [3.05, 3.63) is 0 Å².